The van der Waals surface area contributed by atoms with Crippen LogP contribution >= 0.6 is 0 Å². The molecule has 0 amide bonds. The fourth-order valence-electron chi connectivity index (χ4n) is 8.36. The molecular formula is C51H58O20. The van der Waals surface area contributed by atoms with E-state index in [1.54, 1.807) is 6.92 Å². The second kappa shape index (κ2) is 27.1. The van der Waals surface area contributed by atoms with Crippen molar-refractivity contribution in [2.45, 2.75) is 84.0 Å². The first kappa shape index (κ1) is 54.6. The molecule has 382 valence electrons. The van der Waals surface area contributed by atoms with Crippen molar-refractivity contribution in [3.05, 3.63) is 72.8 Å². The van der Waals surface area contributed by atoms with Crippen molar-refractivity contribution < 1.29 is 95.3 Å². The molecule has 3 saturated carbocycles. The molecule has 0 atom stereocenters. The summed E-state index contributed by atoms with van der Waals surface area (Å²) >= 11 is 0. The lowest BCUT2D eigenvalue weighted by atomic mass is 9.82. The second-order valence-corrected chi connectivity index (χ2v) is 16.9. The highest BCUT2D eigenvalue weighted by Crippen LogP contribution is 2.36. The molecule has 3 aliphatic carbocycles. The molecular weight excluding hydrogens is 933 g/mol. The zero-order valence-electron chi connectivity index (χ0n) is 39.7. The van der Waals surface area contributed by atoms with Gasteiger partial charge in [-0.05, 0) is 120 Å². The van der Waals surface area contributed by atoms with E-state index in [1.165, 1.54) is 36.4 Å². The zero-order valence-corrected chi connectivity index (χ0v) is 39.7. The average Bonchev–Trinajstić information content (AvgIpc) is 3.39. The van der Waals surface area contributed by atoms with Gasteiger partial charge in [-0.1, -0.05) is 13.2 Å². The highest BCUT2D eigenvalue weighted by atomic mass is 16.6. The number of esters is 10. The monoisotopic (exact) mass is 990 g/mol. The summed E-state index contributed by atoms with van der Waals surface area (Å²) < 4.78 is 52.6. The Morgan fingerprint density at radius 1 is 0.437 bits per heavy atom. The Bertz CT molecular complexity index is 2310. The van der Waals surface area contributed by atoms with Gasteiger partial charge in [0.25, 0.3) is 0 Å². The molecule has 2 aromatic rings. The molecule has 0 spiro atoms. The van der Waals surface area contributed by atoms with Crippen LogP contribution in [0.2, 0.25) is 0 Å². The number of hydrogen-bond donors (Lipinski definition) is 0. The summed E-state index contributed by atoms with van der Waals surface area (Å²) in [5.74, 6) is -9.76. The number of benzene rings is 2. The van der Waals surface area contributed by atoms with E-state index in [0.29, 0.717) is 51.4 Å². The summed E-state index contributed by atoms with van der Waals surface area (Å²) in [6.45, 7) is 7.77. The minimum Gasteiger partial charge on any atom is -0.465 e. The topological polar surface area (TPSA) is 263 Å². The van der Waals surface area contributed by atoms with Gasteiger partial charge in [-0.3, -0.25) is 28.8 Å². The van der Waals surface area contributed by atoms with E-state index in [1.807, 2.05) is 0 Å². The van der Waals surface area contributed by atoms with Crippen LogP contribution in [0.15, 0.2) is 61.7 Å². The molecule has 2 aromatic carbocycles. The molecule has 20 nitrogen and oxygen atoms in total. The van der Waals surface area contributed by atoms with Gasteiger partial charge in [0, 0.05) is 12.2 Å². The number of carbonyl (C=O) groups is 10. The lowest BCUT2D eigenvalue weighted by Gasteiger charge is -2.26. The lowest BCUT2D eigenvalue weighted by molar-refractivity contribution is -0.155. The first-order valence-corrected chi connectivity index (χ1v) is 23.5. The number of methoxy groups -OCH3 is 1. The van der Waals surface area contributed by atoms with Crippen LogP contribution in [0.4, 0.5) is 0 Å². The van der Waals surface area contributed by atoms with Crippen LogP contribution in [0.25, 0.3) is 0 Å². The molecule has 71 heavy (non-hydrogen) atoms. The van der Waals surface area contributed by atoms with Gasteiger partial charge in [0.2, 0.25) is 0 Å². The molecule has 0 radical (unpaired) electrons. The Morgan fingerprint density at radius 3 is 1.07 bits per heavy atom. The van der Waals surface area contributed by atoms with Crippen molar-refractivity contribution in [1.82, 2.24) is 0 Å². The fourth-order valence-corrected chi connectivity index (χ4v) is 8.36. The number of rotatable bonds is 21. The van der Waals surface area contributed by atoms with E-state index in [-0.39, 0.29) is 92.8 Å². The summed E-state index contributed by atoms with van der Waals surface area (Å²) in [6.07, 6.45) is 5.78. The van der Waals surface area contributed by atoms with Crippen molar-refractivity contribution in [3.63, 3.8) is 0 Å². The summed E-state index contributed by atoms with van der Waals surface area (Å²) in [7, 11) is 1.14. The van der Waals surface area contributed by atoms with Crippen molar-refractivity contribution >= 4 is 59.7 Å². The van der Waals surface area contributed by atoms with Gasteiger partial charge in [-0.25, -0.2) is 19.2 Å². The van der Waals surface area contributed by atoms with Gasteiger partial charge in [-0.15, -0.1) is 0 Å². The largest absolute Gasteiger partial charge is 0.465 e. The molecule has 0 N–H and O–H groups in total. The van der Waals surface area contributed by atoms with Gasteiger partial charge in [0.05, 0.1) is 49.2 Å². The van der Waals surface area contributed by atoms with E-state index in [9.17, 15) is 47.9 Å². The van der Waals surface area contributed by atoms with E-state index in [4.69, 9.17) is 47.4 Å². The van der Waals surface area contributed by atoms with Crippen LogP contribution in [-0.2, 0) is 66.8 Å². The SMILES string of the molecule is C=CC(=O)OCCOC(=O)C1CCC(C(=O)Oc2ccc(OC(=O)C3CCC(C(=O)Oc4ccc(OC(=O)C5CCC(C(=O)OCCOC(=O)C=C)CC5)cc4C(=O)OCC)CC3)c(C(=O)OC)c2)CC1. The predicted octanol–water partition coefficient (Wildman–Crippen LogP) is 5.94. The van der Waals surface area contributed by atoms with Gasteiger partial charge in [0.1, 0.15) is 60.6 Å². The zero-order chi connectivity index (χ0) is 51.5. The van der Waals surface area contributed by atoms with E-state index in [0.717, 1.165) is 19.3 Å². The van der Waals surface area contributed by atoms with E-state index in [2.05, 4.69) is 13.2 Å². The lowest BCUT2D eigenvalue weighted by Crippen LogP contribution is -2.31. The molecule has 0 heterocycles. The Hall–Kier alpha value is -7.38. The van der Waals surface area contributed by atoms with E-state index >= 15 is 0 Å². The molecule has 0 aromatic heterocycles. The molecule has 0 unspecified atom stereocenters. The predicted molar refractivity (Wildman–Crippen MR) is 243 cm³/mol. The molecule has 20 heteroatoms. The molecule has 0 aliphatic heterocycles. The van der Waals surface area contributed by atoms with Crippen molar-refractivity contribution in [1.29, 1.82) is 0 Å². The third-order valence-electron chi connectivity index (χ3n) is 12.3. The smallest absolute Gasteiger partial charge is 0.342 e. The maximum Gasteiger partial charge on any atom is 0.342 e. The minimum absolute atomic E-state index is 0.00595. The Balaban J connectivity index is 1.09. The van der Waals surface area contributed by atoms with Crippen LogP contribution in [0.5, 0.6) is 23.0 Å². The normalized spacial score (nSPS) is 20.5. The summed E-state index contributed by atoms with van der Waals surface area (Å²) in [6, 6.07) is 7.86. The van der Waals surface area contributed by atoms with E-state index < -0.39 is 95.2 Å². The standard InChI is InChI=1S/C51H58O20/c1-5-42(52)64-24-26-66-44(54)30-8-12-32(13-9-30)46(56)68-36-20-22-40(38(28-36)50(60)62-4)70-48(58)34-16-18-35(19-17-34)49(59)71-41-23-21-37(29-39(41)51(61)63-7-3)69-47(57)33-14-10-31(11-15-33)45(55)67-27-25-65-43(53)6-2/h5-6,20-23,28-35H,1-2,7-19,24-27H2,3-4H3. The highest BCUT2D eigenvalue weighted by Gasteiger charge is 2.36. The molecule has 5 rings (SSSR count). The fraction of sp³-hybridized carbons (Fsp3) is 0.490. The summed E-state index contributed by atoms with van der Waals surface area (Å²) in [5.41, 5.74) is -0.321. The number of ether oxygens (including phenoxy) is 10. The van der Waals surface area contributed by atoms with Gasteiger partial charge >= 0.3 is 59.7 Å². The van der Waals surface area contributed by atoms with Crippen molar-refractivity contribution in [3.8, 4) is 23.0 Å². The molecule has 0 bridgehead atoms. The maximum atomic E-state index is 13.4. The van der Waals surface area contributed by atoms with Crippen LogP contribution in [0.3, 0.4) is 0 Å². The van der Waals surface area contributed by atoms with Crippen LogP contribution in [-0.4, -0.2) is 99.8 Å². The molecule has 3 fully saturated rings. The Kier molecular flexibility index (Phi) is 20.8. The van der Waals surface area contributed by atoms with Crippen LogP contribution < -0.4 is 18.9 Å². The van der Waals surface area contributed by atoms with Crippen molar-refractivity contribution in [2.75, 3.05) is 40.1 Å². The molecule has 3 aliphatic rings. The molecule has 0 saturated heterocycles. The van der Waals surface area contributed by atoms with Crippen LogP contribution in [0.1, 0.15) is 105 Å². The first-order chi connectivity index (χ1) is 34.1. The number of carbonyl (C=O) groups excluding carboxylic acids is 10. The van der Waals surface area contributed by atoms with Crippen LogP contribution in [0, 0.1) is 35.5 Å². The highest BCUT2D eigenvalue weighted by molar-refractivity contribution is 5.95. The Morgan fingerprint density at radius 2 is 0.746 bits per heavy atom. The first-order valence-electron chi connectivity index (χ1n) is 23.5. The average molecular weight is 991 g/mol. The number of hydrogen-bond acceptors (Lipinski definition) is 20. The van der Waals surface area contributed by atoms with Gasteiger partial charge in [0.15, 0.2) is 0 Å². The minimum atomic E-state index is -0.855. The van der Waals surface area contributed by atoms with Gasteiger partial charge < -0.3 is 47.4 Å². The third kappa shape index (κ3) is 16.1. The quantitative estimate of drug-likeness (QED) is 0.0461. The third-order valence-corrected chi connectivity index (χ3v) is 12.3. The summed E-state index contributed by atoms with van der Waals surface area (Å²) in [5, 5.41) is 0. The second-order valence-electron chi connectivity index (χ2n) is 16.9. The van der Waals surface area contributed by atoms with Gasteiger partial charge in [-0.2, -0.15) is 0 Å². The summed E-state index contributed by atoms with van der Waals surface area (Å²) in [4.78, 5) is 126. The Labute approximate surface area is 409 Å². The van der Waals surface area contributed by atoms with Crippen molar-refractivity contribution in [2.24, 2.45) is 35.5 Å². The maximum absolute atomic E-state index is 13.4.